The molecule has 1 aliphatic heterocycles. The predicted octanol–water partition coefficient (Wildman–Crippen LogP) is -0.939. The molecule has 0 unspecified atom stereocenters. The largest absolute Gasteiger partial charge is 0.339 e. The minimum Gasteiger partial charge on any atom is -0.325 e. The fourth-order valence-electron chi connectivity index (χ4n) is 0.817. The fraction of sp³-hybridized carbons (Fsp3) is 0.600. The van der Waals surface area contributed by atoms with Crippen molar-refractivity contribution in [3.63, 3.8) is 0 Å². The summed E-state index contributed by atoms with van der Waals surface area (Å²) in [6, 6.07) is -0.792. The molecule has 0 saturated carbocycles. The highest BCUT2D eigenvalue weighted by atomic mass is 16.2. The first-order valence-electron chi connectivity index (χ1n) is 2.98. The molecule has 0 aliphatic carbocycles. The Morgan fingerprint density at radius 2 is 2.20 bits per heavy atom. The van der Waals surface area contributed by atoms with E-state index in [2.05, 4.69) is 10.7 Å². The van der Waals surface area contributed by atoms with Gasteiger partial charge in [-0.3, -0.25) is 4.79 Å². The Kier molecular flexibility index (Phi) is 1.58. The van der Waals surface area contributed by atoms with E-state index in [0.29, 0.717) is 0 Å². The lowest BCUT2D eigenvalue weighted by Gasteiger charge is -2.08. The van der Waals surface area contributed by atoms with Gasteiger partial charge in [-0.05, 0) is 6.92 Å². The van der Waals surface area contributed by atoms with E-state index in [-0.39, 0.29) is 11.9 Å². The Bertz CT molecular complexity index is 180. The number of hydrazine groups is 1. The number of carbonyl (C=O) groups is 2. The first kappa shape index (κ1) is 7.01. The number of hydrogen-bond donors (Lipinski definition) is 2. The molecule has 0 aromatic carbocycles. The van der Waals surface area contributed by atoms with Gasteiger partial charge in [0.1, 0.15) is 6.04 Å². The molecule has 1 rings (SSSR count). The molecular weight excluding hydrogens is 134 g/mol. The molecule has 0 aromatic rings. The van der Waals surface area contributed by atoms with Crippen LogP contribution in [-0.2, 0) is 4.79 Å². The molecule has 1 atom stereocenters. The van der Waals surface area contributed by atoms with Gasteiger partial charge in [0.05, 0.1) is 0 Å². The number of rotatable bonds is 1. The second-order valence-electron chi connectivity index (χ2n) is 2.07. The van der Waals surface area contributed by atoms with Gasteiger partial charge in [0.15, 0.2) is 0 Å². The van der Waals surface area contributed by atoms with Crippen molar-refractivity contribution in [1.29, 1.82) is 0 Å². The van der Waals surface area contributed by atoms with E-state index < -0.39 is 6.04 Å². The van der Waals surface area contributed by atoms with Crippen LogP contribution in [0.1, 0.15) is 6.92 Å². The van der Waals surface area contributed by atoms with Crippen LogP contribution in [0.2, 0.25) is 0 Å². The van der Waals surface area contributed by atoms with E-state index in [1.807, 2.05) is 0 Å². The maximum absolute atomic E-state index is 10.9. The molecule has 1 heterocycles. The lowest BCUT2D eigenvalue weighted by Crippen LogP contribution is -2.40. The molecule has 5 heteroatoms. The summed E-state index contributed by atoms with van der Waals surface area (Å²) < 4.78 is 0. The summed E-state index contributed by atoms with van der Waals surface area (Å²) in [5.74, 6) is -0.243. The Balaban J connectivity index is 2.74. The summed E-state index contributed by atoms with van der Waals surface area (Å²) in [6.45, 7) is 1.64. The van der Waals surface area contributed by atoms with Crippen molar-refractivity contribution < 1.29 is 9.59 Å². The Labute approximate surface area is 58.3 Å². The first-order valence-corrected chi connectivity index (χ1v) is 2.98. The van der Waals surface area contributed by atoms with E-state index in [1.165, 1.54) is 7.05 Å². The minimum absolute atomic E-state index is 0.243. The highest BCUT2D eigenvalue weighted by Crippen LogP contribution is 2.00. The predicted molar refractivity (Wildman–Crippen MR) is 33.9 cm³/mol. The summed E-state index contributed by atoms with van der Waals surface area (Å²) in [6.07, 6.45) is 0. The van der Waals surface area contributed by atoms with E-state index in [9.17, 15) is 9.59 Å². The number of urea groups is 1. The van der Waals surface area contributed by atoms with E-state index in [4.69, 9.17) is 0 Å². The lowest BCUT2D eigenvalue weighted by atomic mass is 10.3. The fourth-order valence-corrected chi connectivity index (χ4v) is 0.817. The van der Waals surface area contributed by atoms with Crippen LogP contribution in [0, 0.1) is 0 Å². The number of nitrogens with one attached hydrogen (secondary N) is 2. The van der Waals surface area contributed by atoms with Gasteiger partial charge in [-0.2, -0.15) is 5.01 Å². The second kappa shape index (κ2) is 2.26. The van der Waals surface area contributed by atoms with Crippen molar-refractivity contribution in [1.82, 2.24) is 15.8 Å². The third-order valence-electron chi connectivity index (χ3n) is 1.36. The lowest BCUT2D eigenvalue weighted by molar-refractivity contribution is -0.128. The summed E-state index contributed by atoms with van der Waals surface area (Å²) in [5, 5.41) is 3.39. The van der Waals surface area contributed by atoms with Crippen LogP contribution in [0.5, 0.6) is 0 Å². The SMILES string of the molecule is CNN1C(=O)N[C@@H](C)C1=O. The van der Waals surface area contributed by atoms with Crippen LogP contribution in [-0.4, -0.2) is 30.0 Å². The number of amides is 3. The van der Waals surface area contributed by atoms with Crippen molar-refractivity contribution in [2.45, 2.75) is 13.0 Å². The van der Waals surface area contributed by atoms with Crippen molar-refractivity contribution in [3.05, 3.63) is 0 Å². The summed E-state index contributed by atoms with van der Waals surface area (Å²) in [5.41, 5.74) is 2.47. The van der Waals surface area contributed by atoms with Gasteiger partial charge < -0.3 is 5.32 Å². The zero-order valence-corrected chi connectivity index (χ0v) is 5.84. The summed E-state index contributed by atoms with van der Waals surface area (Å²) >= 11 is 0. The van der Waals surface area contributed by atoms with Crippen LogP contribution < -0.4 is 10.7 Å². The molecule has 10 heavy (non-hydrogen) atoms. The monoisotopic (exact) mass is 143 g/mol. The summed E-state index contributed by atoms with van der Waals surface area (Å²) in [4.78, 5) is 21.7. The van der Waals surface area contributed by atoms with E-state index in [0.717, 1.165) is 5.01 Å². The quantitative estimate of drug-likeness (QED) is 0.466. The molecular formula is C5H9N3O2. The molecule has 0 aromatic heterocycles. The molecule has 5 nitrogen and oxygen atoms in total. The molecule has 0 bridgehead atoms. The second-order valence-corrected chi connectivity index (χ2v) is 2.07. The molecule has 56 valence electrons. The zero-order valence-electron chi connectivity index (χ0n) is 5.84. The van der Waals surface area contributed by atoms with Crippen LogP contribution in [0.25, 0.3) is 0 Å². The van der Waals surface area contributed by atoms with Crippen molar-refractivity contribution in [3.8, 4) is 0 Å². The molecule has 0 spiro atoms. The van der Waals surface area contributed by atoms with E-state index in [1.54, 1.807) is 6.92 Å². The average Bonchev–Trinajstić information content (AvgIpc) is 2.09. The first-order chi connectivity index (χ1) is 4.66. The van der Waals surface area contributed by atoms with Gasteiger partial charge in [-0.1, -0.05) is 0 Å². The summed E-state index contributed by atoms with van der Waals surface area (Å²) in [7, 11) is 1.52. The Morgan fingerprint density at radius 1 is 1.60 bits per heavy atom. The van der Waals surface area contributed by atoms with Crippen molar-refractivity contribution >= 4 is 11.9 Å². The number of carbonyl (C=O) groups excluding carboxylic acids is 2. The van der Waals surface area contributed by atoms with Gasteiger partial charge in [0.25, 0.3) is 5.91 Å². The third kappa shape index (κ3) is 0.841. The Morgan fingerprint density at radius 3 is 2.40 bits per heavy atom. The van der Waals surface area contributed by atoms with Crippen molar-refractivity contribution in [2.24, 2.45) is 0 Å². The van der Waals surface area contributed by atoms with E-state index >= 15 is 0 Å². The van der Waals surface area contributed by atoms with Crippen LogP contribution >= 0.6 is 0 Å². The molecule has 3 amide bonds. The number of hydrogen-bond acceptors (Lipinski definition) is 3. The zero-order chi connectivity index (χ0) is 7.72. The van der Waals surface area contributed by atoms with Crippen LogP contribution in [0.4, 0.5) is 4.79 Å². The molecule has 2 N–H and O–H groups in total. The topological polar surface area (TPSA) is 61.4 Å². The molecule has 0 radical (unpaired) electrons. The number of imide groups is 1. The molecule has 1 fully saturated rings. The van der Waals surface area contributed by atoms with Gasteiger partial charge in [0, 0.05) is 7.05 Å². The number of nitrogens with zero attached hydrogens (tertiary/aromatic N) is 1. The minimum atomic E-state index is -0.403. The maximum Gasteiger partial charge on any atom is 0.339 e. The highest BCUT2D eigenvalue weighted by molar-refractivity contribution is 6.03. The Hall–Kier alpha value is -1.10. The third-order valence-corrected chi connectivity index (χ3v) is 1.36. The van der Waals surface area contributed by atoms with Gasteiger partial charge >= 0.3 is 6.03 Å². The van der Waals surface area contributed by atoms with Crippen molar-refractivity contribution in [2.75, 3.05) is 7.05 Å². The maximum atomic E-state index is 10.9. The van der Waals surface area contributed by atoms with Gasteiger partial charge in [0.2, 0.25) is 0 Å². The molecule has 1 aliphatic rings. The van der Waals surface area contributed by atoms with Crippen LogP contribution in [0.3, 0.4) is 0 Å². The standard InChI is InChI=1S/C5H9N3O2/c1-3-4(9)8(6-2)5(10)7-3/h3,6H,1-2H3,(H,7,10)/t3-/m0/s1. The molecule has 1 saturated heterocycles. The highest BCUT2D eigenvalue weighted by Gasteiger charge is 2.33. The average molecular weight is 143 g/mol. The smallest absolute Gasteiger partial charge is 0.325 e. The normalized spacial score (nSPS) is 25.4. The van der Waals surface area contributed by atoms with Crippen LogP contribution in [0.15, 0.2) is 0 Å². The van der Waals surface area contributed by atoms with Gasteiger partial charge in [-0.25, -0.2) is 10.2 Å². The van der Waals surface area contributed by atoms with Gasteiger partial charge in [-0.15, -0.1) is 0 Å².